The van der Waals surface area contributed by atoms with E-state index in [1.54, 1.807) is 7.11 Å². The summed E-state index contributed by atoms with van der Waals surface area (Å²) in [6, 6.07) is 0.334. The lowest BCUT2D eigenvalue weighted by Gasteiger charge is -2.08. The Labute approximate surface area is 128 Å². The molecule has 21 heavy (non-hydrogen) atoms. The maximum absolute atomic E-state index is 5.08. The fourth-order valence-electron chi connectivity index (χ4n) is 2.00. The highest BCUT2D eigenvalue weighted by molar-refractivity contribution is 5.35. The molecular formula is C15H29N5O. The minimum Gasteiger partial charge on any atom is -0.467 e. The molecular weight excluding hydrogens is 266 g/mol. The molecule has 1 rings (SSSR count). The summed E-state index contributed by atoms with van der Waals surface area (Å²) in [5.41, 5.74) is 0. The van der Waals surface area contributed by atoms with E-state index in [2.05, 4.69) is 39.4 Å². The van der Waals surface area contributed by atoms with Gasteiger partial charge in [-0.3, -0.25) is 0 Å². The van der Waals surface area contributed by atoms with E-state index in [4.69, 9.17) is 4.74 Å². The second-order valence-electron chi connectivity index (χ2n) is 5.52. The zero-order valence-corrected chi connectivity index (χ0v) is 13.8. The number of anilines is 2. The number of methoxy groups -OCH3 is 1. The van der Waals surface area contributed by atoms with Crippen LogP contribution >= 0.6 is 0 Å². The predicted octanol–water partition coefficient (Wildman–Crippen LogP) is 3.33. The molecule has 0 radical (unpaired) electrons. The van der Waals surface area contributed by atoms with E-state index in [0.29, 0.717) is 17.9 Å². The summed E-state index contributed by atoms with van der Waals surface area (Å²) in [6.07, 6.45) is 6.31. The summed E-state index contributed by atoms with van der Waals surface area (Å²) in [7, 11) is 1.56. The smallest absolute Gasteiger partial charge is 0.322 e. The lowest BCUT2D eigenvalue weighted by atomic mass is 10.0. The van der Waals surface area contributed by atoms with Gasteiger partial charge in [0.05, 0.1) is 7.11 Å². The van der Waals surface area contributed by atoms with Crippen LogP contribution < -0.4 is 15.4 Å². The molecule has 0 saturated carbocycles. The molecule has 0 saturated heterocycles. The highest BCUT2D eigenvalue weighted by Gasteiger charge is 2.05. The van der Waals surface area contributed by atoms with Gasteiger partial charge in [-0.25, -0.2) is 0 Å². The number of aromatic nitrogens is 3. The number of hydrogen-bond donors (Lipinski definition) is 2. The van der Waals surface area contributed by atoms with Gasteiger partial charge >= 0.3 is 6.01 Å². The number of nitrogens with zero attached hydrogens (tertiary/aromatic N) is 3. The molecule has 0 unspecified atom stereocenters. The van der Waals surface area contributed by atoms with Gasteiger partial charge in [-0.2, -0.15) is 15.0 Å². The molecule has 0 atom stereocenters. The zero-order chi connectivity index (χ0) is 15.5. The van der Waals surface area contributed by atoms with Gasteiger partial charge in [0.2, 0.25) is 11.9 Å². The zero-order valence-electron chi connectivity index (χ0n) is 13.8. The molecule has 1 heterocycles. The van der Waals surface area contributed by atoms with Crippen LogP contribution in [-0.2, 0) is 0 Å². The van der Waals surface area contributed by atoms with Crippen molar-refractivity contribution in [2.24, 2.45) is 5.92 Å². The Hall–Kier alpha value is -1.59. The number of unbranched alkanes of at least 4 members (excludes halogenated alkanes) is 3. The first-order valence-corrected chi connectivity index (χ1v) is 7.93. The van der Waals surface area contributed by atoms with Gasteiger partial charge in [-0.05, 0) is 19.3 Å². The molecule has 0 aliphatic carbocycles. The number of rotatable bonds is 11. The second kappa shape index (κ2) is 10.2. The van der Waals surface area contributed by atoms with Gasteiger partial charge in [0.1, 0.15) is 0 Å². The Morgan fingerprint density at radius 3 is 2.24 bits per heavy atom. The Balaban J connectivity index is 2.29. The second-order valence-corrected chi connectivity index (χ2v) is 5.52. The van der Waals surface area contributed by atoms with E-state index >= 15 is 0 Å². The minimum atomic E-state index is 0.334. The molecule has 0 bridgehead atoms. The largest absolute Gasteiger partial charge is 0.467 e. The highest BCUT2D eigenvalue weighted by Crippen LogP contribution is 2.12. The topological polar surface area (TPSA) is 72.0 Å². The first-order chi connectivity index (χ1) is 10.2. The Morgan fingerprint density at radius 2 is 1.62 bits per heavy atom. The van der Waals surface area contributed by atoms with Crippen LogP contribution in [0.2, 0.25) is 0 Å². The molecule has 0 amide bonds. The van der Waals surface area contributed by atoms with Crippen molar-refractivity contribution in [3.63, 3.8) is 0 Å². The van der Waals surface area contributed by atoms with Crippen LogP contribution in [0.15, 0.2) is 0 Å². The molecule has 6 nitrogen and oxygen atoms in total. The van der Waals surface area contributed by atoms with Gasteiger partial charge < -0.3 is 15.4 Å². The SMILES string of the molecule is CCNc1nc(NCCCCCCC(C)C)nc(OC)n1. The minimum absolute atomic E-state index is 0.334. The first kappa shape index (κ1) is 17.5. The normalized spacial score (nSPS) is 10.7. The fourth-order valence-corrected chi connectivity index (χ4v) is 2.00. The fraction of sp³-hybridized carbons (Fsp3) is 0.800. The van der Waals surface area contributed by atoms with E-state index in [1.807, 2.05) is 6.92 Å². The molecule has 0 aliphatic heterocycles. The van der Waals surface area contributed by atoms with E-state index in [0.717, 1.165) is 25.4 Å². The third-order valence-electron chi connectivity index (χ3n) is 3.12. The van der Waals surface area contributed by atoms with Crippen molar-refractivity contribution in [1.29, 1.82) is 0 Å². The van der Waals surface area contributed by atoms with Crippen LogP contribution in [0.1, 0.15) is 52.9 Å². The lowest BCUT2D eigenvalue weighted by molar-refractivity contribution is 0.379. The predicted molar refractivity (Wildman–Crippen MR) is 87.0 cm³/mol. The van der Waals surface area contributed by atoms with Crippen LogP contribution in [0.5, 0.6) is 6.01 Å². The van der Waals surface area contributed by atoms with Crippen molar-refractivity contribution in [2.75, 3.05) is 30.8 Å². The van der Waals surface area contributed by atoms with Gasteiger partial charge in [0.15, 0.2) is 0 Å². The van der Waals surface area contributed by atoms with Crippen molar-refractivity contribution < 1.29 is 4.74 Å². The van der Waals surface area contributed by atoms with Crippen LogP contribution in [0, 0.1) is 5.92 Å². The summed E-state index contributed by atoms with van der Waals surface area (Å²) in [5.74, 6) is 1.93. The van der Waals surface area contributed by atoms with Crippen molar-refractivity contribution in [3.05, 3.63) is 0 Å². The molecule has 120 valence electrons. The molecule has 0 aromatic carbocycles. The summed E-state index contributed by atoms with van der Waals surface area (Å²) < 4.78 is 5.08. The van der Waals surface area contributed by atoms with Crippen LogP contribution in [-0.4, -0.2) is 35.2 Å². The average molecular weight is 295 g/mol. The third-order valence-corrected chi connectivity index (χ3v) is 3.12. The van der Waals surface area contributed by atoms with E-state index in [-0.39, 0.29) is 0 Å². The molecule has 1 aromatic heterocycles. The summed E-state index contributed by atoms with van der Waals surface area (Å²) in [5, 5.41) is 6.30. The summed E-state index contributed by atoms with van der Waals surface area (Å²) in [4.78, 5) is 12.6. The third kappa shape index (κ3) is 7.68. The van der Waals surface area contributed by atoms with Crippen molar-refractivity contribution in [1.82, 2.24) is 15.0 Å². The molecule has 6 heteroatoms. The number of nitrogens with one attached hydrogen (secondary N) is 2. The molecule has 1 aromatic rings. The standard InChI is InChI=1S/C15H29N5O/c1-5-16-13-18-14(20-15(19-13)21-4)17-11-9-7-6-8-10-12(2)3/h12H,5-11H2,1-4H3,(H2,16,17,18,19,20). The van der Waals surface area contributed by atoms with Gasteiger partial charge in [-0.15, -0.1) is 0 Å². The Morgan fingerprint density at radius 1 is 0.952 bits per heavy atom. The van der Waals surface area contributed by atoms with Gasteiger partial charge in [-0.1, -0.05) is 39.5 Å². The Bertz CT molecular complexity index is 398. The van der Waals surface area contributed by atoms with Crippen molar-refractivity contribution >= 4 is 11.9 Å². The summed E-state index contributed by atoms with van der Waals surface area (Å²) >= 11 is 0. The molecule has 0 spiro atoms. The lowest BCUT2D eigenvalue weighted by Crippen LogP contribution is -2.10. The van der Waals surface area contributed by atoms with Crippen LogP contribution in [0.3, 0.4) is 0 Å². The Kier molecular flexibility index (Phi) is 8.47. The molecule has 0 fully saturated rings. The highest BCUT2D eigenvalue weighted by atomic mass is 16.5. The number of hydrogen-bond acceptors (Lipinski definition) is 6. The number of ether oxygens (including phenoxy) is 1. The quantitative estimate of drug-likeness (QED) is 0.610. The van der Waals surface area contributed by atoms with Gasteiger partial charge in [0, 0.05) is 13.1 Å². The maximum Gasteiger partial charge on any atom is 0.322 e. The molecule has 0 aliphatic rings. The van der Waals surface area contributed by atoms with Crippen LogP contribution in [0.25, 0.3) is 0 Å². The van der Waals surface area contributed by atoms with E-state index in [1.165, 1.54) is 25.7 Å². The van der Waals surface area contributed by atoms with Gasteiger partial charge in [0.25, 0.3) is 0 Å². The monoisotopic (exact) mass is 295 g/mol. The maximum atomic E-state index is 5.08. The van der Waals surface area contributed by atoms with Crippen LogP contribution in [0.4, 0.5) is 11.9 Å². The first-order valence-electron chi connectivity index (χ1n) is 7.93. The van der Waals surface area contributed by atoms with Crippen molar-refractivity contribution in [2.45, 2.75) is 52.9 Å². The van der Waals surface area contributed by atoms with E-state index < -0.39 is 0 Å². The summed E-state index contributed by atoms with van der Waals surface area (Å²) in [6.45, 7) is 8.19. The molecule has 2 N–H and O–H groups in total. The van der Waals surface area contributed by atoms with Crippen molar-refractivity contribution in [3.8, 4) is 6.01 Å². The average Bonchev–Trinajstić information content (AvgIpc) is 2.46. The van der Waals surface area contributed by atoms with E-state index in [9.17, 15) is 0 Å².